The summed E-state index contributed by atoms with van der Waals surface area (Å²) in [6, 6.07) is -0.134. The molecule has 8 nitrogen and oxygen atoms in total. The molecule has 2 heterocycles. The van der Waals surface area contributed by atoms with Crippen LogP contribution in [-0.2, 0) is 6.18 Å². The van der Waals surface area contributed by atoms with Crippen molar-refractivity contribution in [3.8, 4) is 0 Å². The van der Waals surface area contributed by atoms with Crippen LogP contribution in [0.5, 0.6) is 0 Å². The molecule has 0 radical (unpaired) electrons. The van der Waals surface area contributed by atoms with Crippen molar-refractivity contribution in [2.24, 2.45) is 22.7 Å². The first kappa shape index (κ1) is 27.7. The summed E-state index contributed by atoms with van der Waals surface area (Å²) >= 11 is 0. The van der Waals surface area contributed by atoms with E-state index < -0.39 is 23.5 Å². The van der Waals surface area contributed by atoms with Crippen molar-refractivity contribution in [2.45, 2.75) is 71.5 Å². The molecule has 0 saturated heterocycles. The zero-order chi connectivity index (χ0) is 27.4. The normalized spacial score (nSPS) is 20.8. The van der Waals surface area contributed by atoms with E-state index in [4.69, 9.17) is 4.42 Å². The number of hydrogen-bond donors (Lipinski definition) is 2. The molecular formula is C27H35F3N6O2. The number of amides is 1. The van der Waals surface area contributed by atoms with Gasteiger partial charge in [0.25, 0.3) is 5.91 Å². The number of aliphatic imine (C=N–C) groups is 1. The number of carbonyl (C=O) groups is 1. The van der Waals surface area contributed by atoms with Crippen LogP contribution in [0, 0.1) is 17.8 Å². The average Bonchev–Trinajstić information content (AvgIpc) is 3.37. The Morgan fingerprint density at radius 1 is 1.26 bits per heavy atom. The van der Waals surface area contributed by atoms with Crippen LogP contribution in [0.3, 0.4) is 0 Å². The molecule has 0 bridgehead atoms. The highest BCUT2D eigenvalue weighted by Crippen LogP contribution is 2.39. The first-order valence-corrected chi connectivity index (χ1v) is 13.1. The third-order valence-electron chi connectivity index (χ3n) is 7.23. The monoisotopic (exact) mass is 532 g/mol. The summed E-state index contributed by atoms with van der Waals surface area (Å²) in [4.78, 5) is 21.1. The molecule has 0 unspecified atom stereocenters. The van der Waals surface area contributed by atoms with E-state index in [9.17, 15) is 18.0 Å². The Balaban J connectivity index is 1.41. The largest absolute Gasteiger partial charge is 0.444 e. The summed E-state index contributed by atoms with van der Waals surface area (Å²) in [5, 5.41) is 9.30. The van der Waals surface area contributed by atoms with Crippen LogP contribution >= 0.6 is 0 Å². The van der Waals surface area contributed by atoms with Gasteiger partial charge in [0.2, 0.25) is 5.89 Å². The van der Waals surface area contributed by atoms with Crippen LogP contribution in [0.4, 0.5) is 18.9 Å². The molecule has 2 fully saturated rings. The lowest BCUT2D eigenvalue weighted by molar-refractivity contribution is -0.141. The number of aromatic nitrogens is 3. The number of nitrogens with one attached hydrogen (secondary N) is 2. The van der Waals surface area contributed by atoms with Crippen LogP contribution in [0.15, 0.2) is 40.3 Å². The molecule has 2 aliphatic rings. The molecule has 0 aliphatic heterocycles. The van der Waals surface area contributed by atoms with Gasteiger partial charge in [0.1, 0.15) is 12.1 Å². The van der Waals surface area contributed by atoms with Gasteiger partial charge in [-0.05, 0) is 69.3 Å². The first-order chi connectivity index (χ1) is 18.0. The van der Waals surface area contributed by atoms with Crippen molar-refractivity contribution >= 4 is 23.4 Å². The first-order valence-electron chi connectivity index (χ1n) is 13.1. The lowest BCUT2D eigenvalue weighted by Gasteiger charge is -2.30. The van der Waals surface area contributed by atoms with E-state index in [1.807, 2.05) is 0 Å². The lowest BCUT2D eigenvalue weighted by Crippen LogP contribution is -2.22. The van der Waals surface area contributed by atoms with Crippen molar-refractivity contribution < 1.29 is 22.4 Å². The van der Waals surface area contributed by atoms with Crippen LogP contribution in [0.25, 0.3) is 5.57 Å². The number of oxazole rings is 1. The van der Waals surface area contributed by atoms with Gasteiger partial charge in [0, 0.05) is 24.5 Å². The van der Waals surface area contributed by atoms with E-state index in [1.54, 1.807) is 19.2 Å². The fourth-order valence-electron chi connectivity index (χ4n) is 4.60. The van der Waals surface area contributed by atoms with Gasteiger partial charge in [0.05, 0.1) is 11.7 Å². The van der Waals surface area contributed by atoms with Gasteiger partial charge in [-0.15, -0.1) is 0 Å². The van der Waals surface area contributed by atoms with E-state index in [1.165, 1.54) is 23.7 Å². The molecule has 0 aromatic carbocycles. The highest BCUT2D eigenvalue weighted by molar-refractivity contribution is 6.03. The quantitative estimate of drug-likeness (QED) is 0.342. The molecule has 2 aromatic rings. The Bertz CT molecular complexity index is 1200. The second kappa shape index (κ2) is 11.6. The van der Waals surface area contributed by atoms with Crippen molar-refractivity contribution in [3.05, 3.63) is 48.2 Å². The summed E-state index contributed by atoms with van der Waals surface area (Å²) in [7, 11) is 0. The van der Waals surface area contributed by atoms with Gasteiger partial charge < -0.3 is 15.1 Å². The molecule has 1 amide bonds. The molecule has 206 valence electrons. The number of allylic oxidation sites excluding steroid dienone is 2. The number of nitrogens with zero attached hydrogens (tertiary/aromatic N) is 4. The predicted octanol–water partition coefficient (Wildman–Crippen LogP) is 6.47. The van der Waals surface area contributed by atoms with Crippen molar-refractivity contribution in [1.29, 1.82) is 0 Å². The van der Waals surface area contributed by atoms with Gasteiger partial charge in [-0.3, -0.25) is 9.48 Å². The zero-order valence-corrected chi connectivity index (χ0v) is 22.0. The Kier molecular flexibility index (Phi) is 8.42. The second-order valence-electron chi connectivity index (χ2n) is 10.6. The minimum absolute atomic E-state index is 0.134. The minimum Gasteiger partial charge on any atom is -0.444 e. The minimum atomic E-state index is -4.71. The second-order valence-corrected chi connectivity index (χ2v) is 10.6. The average molecular weight is 533 g/mol. The van der Waals surface area contributed by atoms with E-state index in [0.717, 1.165) is 38.5 Å². The molecular weight excluding hydrogens is 497 g/mol. The van der Waals surface area contributed by atoms with E-state index in [-0.39, 0.29) is 17.6 Å². The Morgan fingerprint density at radius 2 is 1.97 bits per heavy atom. The van der Waals surface area contributed by atoms with E-state index >= 15 is 0 Å². The summed E-state index contributed by atoms with van der Waals surface area (Å²) < 4.78 is 47.9. The predicted molar refractivity (Wildman–Crippen MR) is 140 cm³/mol. The third-order valence-corrected chi connectivity index (χ3v) is 7.23. The van der Waals surface area contributed by atoms with Crippen molar-refractivity contribution in [1.82, 2.24) is 20.1 Å². The molecule has 11 heteroatoms. The third kappa shape index (κ3) is 7.14. The Morgan fingerprint density at radius 3 is 2.61 bits per heavy atom. The maximum Gasteiger partial charge on any atom is 0.437 e. The van der Waals surface area contributed by atoms with Crippen LogP contribution < -0.4 is 10.6 Å². The number of carbonyl (C=O) groups excluding carboxylic acids is 1. The highest BCUT2D eigenvalue weighted by atomic mass is 19.4. The summed E-state index contributed by atoms with van der Waals surface area (Å²) in [5.74, 6) is 1.70. The standard InChI is InChI=1S/C27H35F3N6O2/c1-16(2)20-7-9-21(10-8-20)36-14-22(24(35-36)27(28,29)30)33-25(37)23-15-38-26(34-23)17(3)11-12-31-18(4)32-13-19-5-6-19/h11-12,14-16,19-21,32H,4-10,13H2,1-3H3,(H,33,37)/b17-11+,31-12?. The van der Waals surface area contributed by atoms with Gasteiger partial charge >= 0.3 is 6.18 Å². The number of anilines is 1. The Labute approximate surface area is 220 Å². The number of hydrogen-bond acceptors (Lipinski definition) is 6. The van der Waals surface area contributed by atoms with Gasteiger partial charge in [-0.1, -0.05) is 20.4 Å². The molecule has 4 rings (SSSR count). The molecule has 0 atom stereocenters. The smallest absolute Gasteiger partial charge is 0.437 e. The zero-order valence-electron chi connectivity index (χ0n) is 22.0. The summed E-state index contributed by atoms with van der Waals surface area (Å²) in [6.07, 6.45) is 6.69. The van der Waals surface area contributed by atoms with Gasteiger partial charge in [-0.2, -0.15) is 18.3 Å². The molecule has 2 aliphatic carbocycles. The van der Waals surface area contributed by atoms with Crippen LogP contribution in [0.2, 0.25) is 0 Å². The van der Waals surface area contributed by atoms with Crippen molar-refractivity contribution in [2.75, 3.05) is 11.9 Å². The SMILES string of the molecule is C=C(N=C/C=C(\C)c1nc(C(=O)Nc2cn(C3CCC(C(C)C)CC3)nc2C(F)(F)F)co1)NCC1CC1. The number of rotatable bonds is 10. The van der Waals surface area contributed by atoms with E-state index in [0.29, 0.717) is 29.1 Å². The lowest BCUT2D eigenvalue weighted by atomic mass is 9.80. The topological polar surface area (TPSA) is 97.3 Å². The van der Waals surface area contributed by atoms with Crippen molar-refractivity contribution in [3.63, 3.8) is 0 Å². The van der Waals surface area contributed by atoms with Gasteiger partial charge in [-0.25, -0.2) is 9.98 Å². The van der Waals surface area contributed by atoms with E-state index in [2.05, 4.69) is 46.1 Å². The Hall–Kier alpha value is -3.37. The molecule has 38 heavy (non-hydrogen) atoms. The fourth-order valence-corrected chi connectivity index (χ4v) is 4.60. The van der Waals surface area contributed by atoms with Crippen LogP contribution in [0.1, 0.15) is 87.4 Å². The van der Waals surface area contributed by atoms with Crippen LogP contribution in [-0.4, -0.2) is 33.4 Å². The van der Waals surface area contributed by atoms with Gasteiger partial charge in [0.15, 0.2) is 11.4 Å². The maximum atomic E-state index is 13.7. The molecule has 2 saturated carbocycles. The summed E-state index contributed by atoms with van der Waals surface area (Å²) in [6.45, 7) is 10.7. The molecule has 2 aromatic heterocycles. The molecule has 2 N–H and O–H groups in total. The fraction of sp³-hybridized carbons (Fsp3) is 0.556. The number of halogens is 3. The number of alkyl halides is 3. The highest BCUT2D eigenvalue weighted by Gasteiger charge is 2.39. The maximum absolute atomic E-state index is 13.7. The summed E-state index contributed by atoms with van der Waals surface area (Å²) in [5.41, 5.74) is -1.07. The molecule has 0 spiro atoms.